The van der Waals surface area contributed by atoms with E-state index in [1.165, 1.54) is 28.3 Å². The molecule has 1 aromatic carbocycles. The van der Waals surface area contributed by atoms with Crippen LogP contribution in [-0.2, 0) is 23.0 Å². The summed E-state index contributed by atoms with van der Waals surface area (Å²) in [5, 5.41) is 7.87. The molecule has 118 valence electrons. The first-order valence-corrected chi connectivity index (χ1v) is 9.16. The molecule has 0 radical (unpaired) electrons. The highest BCUT2D eigenvalue weighted by molar-refractivity contribution is 7.89. The number of carbonyl (C=O) groups is 1. The Morgan fingerprint density at radius 3 is 2.41 bits per heavy atom. The second kappa shape index (κ2) is 6.60. The Morgan fingerprint density at radius 2 is 1.91 bits per heavy atom. The van der Waals surface area contributed by atoms with Crippen LogP contribution in [0.5, 0.6) is 0 Å². The fourth-order valence-corrected chi connectivity index (χ4v) is 3.59. The maximum Gasteiger partial charge on any atom is 0.261 e. The van der Waals surface area contributed by atoms with Crippen molar-refractivity contribution in [1.29, 1.82) is 0 Å². The molecule has 1 heterocycles. The Balaban J connectivity index is 2.01. The van der Waals surface area contributed by atoms with E-state index in [1.54, 1.807) is 12.1 Å². The van der Waals surface area contributed by atoms with Crippen LogP contribution in [-0.4, -0.2) is 14.3 Å². The summed E-state index contributed by atoms with van der Waals surface area (Å²) in [4.78, 5) is 14.1. The molecule has 0 atom stereocenters. The number of hydrogen-bond donors (Lipinski definition) is 2. The smallest absolute Gasteiger partial charge is 0.261 e. The Hall–Kier alpha value is -1.70. The van der Waals surface area contributed by atoms with Gasteiger partial charge in [0, 0.05) is 11.4 Å². The van der Waals surface area contributed by atoms with Crippen molar-refractivity contribution in [2.75, 3.05) is 0 Å². The number of sulfonamides is 1. The third-order valence-electron chi connectivity index (χ3n) is 3.27. The summed E-state index contributed by atoms with van der Waals surface area (Å²) in [6, 6.07) is 8.03. The van der Waals surface area contributed by atoms with Crippen molar-refractivity contribution in [3.05, 3.63) is 51.2 Å². The topological polar surface area (TPSA) is 89.3 Å². The molecule has 1 aromatic heterocycles. The average Bonchev–Trinajstić information content (AvgIpc) is 2.85. The van der Waals surface area contributed by atoms with Crippen molar-refractivity contribution in [2.24, 2.45) is 5.14 Å². The van der Waals surface area contributed by atoms with Gasteiger partial charge in [-0.15, -0.1) is 11.3 Å². The standard InChI is InChI=1S/C15H18N2O3S2/c1-3-13-10(2)8-14(21-13)15(18)17-9-11-4-6-12(7-5-11)22(16,19)20/h4-8H,3,9H2,1-2H3,(H,17,18)(H2,16,19,20). The van der Waals surface area contributed by atoms with Crippen molar-refractivity contribution < 1.29 is 13.2 Å². The molecule has 7 heteroatoms. The third kappa shape index (κ3) is 3.94. The molecule has 2 aromatic rings. The van der Waals surface area contributed by atoms with Gasteiger partial charge in [0.15, 0.2) is 0 Å². The summed E-state index contributed by atoms with van der Waals surface area (Å²) >= 11 is 1.50. The first kappa shape index (κ1) is 16.7. The molecular formula is C15H18N2O3S2. The van der Waals surface area contributed by atoms with Gasteiger partial charge in [0.25, 0.3) is 5.91 Å². The summed E-state index contributed by atoms with van der Waals surface area (Å²) in [5.41, 5.74) is 1.94. The van der Waals surface area contributed by atoms with Gasteiger partial charge in [0.1, 0.15) is 0 Å². The van der Waals surface area contributed by atoms with Crippen molar-refractivity contribution in [3.63, 3.8) is 0 Å². The number of rotatable bonds is 5. The van der Waals surface area contributed by atoms with Crippen molar-refractivity contribution in [1.82, 2.24) is 5.32 Å². The number of nitrogens with two attached hydrogens (primary N) is 1. The van der Waals surface area contributed by atoms with Gasteiger partial charge < -0.3 is 5.32 Å². The molecule has 0 bridgehead atoms. The minimum Gasteiger partial charge on any atom is -0.347 e. The molecule has 0 aliphatic heterocycles. The first-order chi connectivity index (χ1) is 10.3. The van der Waals surface area contributed by atoms with Gasteiger partial charge in [-0.3, -0.25) is 4.79 Å². The Bertz CT molecular complexity index is 778. The van der Waals surface area contributed by atoms with Gasteiger partial charge in [-0.1, -0.05) is 19.1 Å². The van der Waals surface area contributed by atoms with Gasteiger partial charge in [0.2, 0.25) is 10.0 Å². The number of nitrogens with one attached hydrogen (secondary N) is 1. The molecule has 5 nitrogen and oxygen atoms in total. The molecule has 1 amide bonds. The number of primary sulfonamides is 1. The lowest BCUT2D eigenvalue weighted by Gasteiger charge is -2.05. The van der Waals surface area contributed by atoms with E-state index in [1.807, 2.05) is 13.0 Å². The van der Waals surface area contributed by atoms with E-state index in [2.05, 4.69) is 12.2 Å². The van der Waals surface area contributed by atoms with Crippen LogP contribution < -0.4 is 10.5 Å². The molecule has 22 heavy (non-hydrogen) atoms. The van der Waals surface area contributed by atoms with Crippen molar-refractivity contribution >= 4 is 27.3 Å². The van der Waals surface area contributed by atoms with Crippen LogP contribution in [0.4, 0.5) is 0 Å². The zero-order valence-electron chi connectivity index (χ0n) is 12.4. The lowest BCUT2D eigenvalue weighted by atomic mass is 10.2. The molecule has 0 aliphatic rings. The fraction of sp³-hybridized carbons (Fsp3) is 0.267. The van der Waals surface area contributed by atoms with Crippen LogP contribution in [0, 0.1) is 6.92 Å². The SMILES string of the molecule is CCc1sc(C(=O)NCc2ccc(S(N)(=O)=O)cc2)cc1C. The van der Waals surface area contributed by atoms with Gasteiger partial charge >= 0.3 is 0 Å². The van der Waals surface area contributed by atoms with E-state index in [-0.39, 0.29) is 10.8 Å². The highest BCUT2D eigenvalue weighted by Gasteiger charge is 2.12. The molecule has 3 N–H and O–H groups in total. The number of hydrogen-bond acceptors (Lipinski definition) is 4. The second-order valence-corrected chi connectivity index (χ2v) is 7.64. The number of carbonyl (C=O) groups excluding carboxylic acids is 1. The Kier molecular flexibility index (Phi) is 5.00. The molecule has 0 saturated carbocycles. The second-order valence-electron chi connectivity index (χ2n) is 4.94. The molecule has 0 unspecified atom stereocenters. The molecule has 0 saturated heterocycles. The van der Waals surface area contributed by atoms with E-state index >= 15 is 0 Å². The summed E-state index contributed by atoms with van der Waals surface area (Å²) < 4.78 is 22.3. The third-order valence-corrected chi connectivity index (χ3v) is 5.58. The van der Waals surface area contributed by atoms with Crippen LogP contribution in [0.25, 0.3) is 0 Å². The maximum atomic E-state index is 12.1. The normalized spacial score (nSPS) is 11.4. The summed E-state index contributed by atoms with van der Waals surface area (Å²) in [6.07, 6.45) is 0.915. The predicted molar refractivity (Wildman–Crippen MR) is 87.4 cm³/mol. The molecule has 0 aliphatic carbocycles. The zero-order chi connectivity index (χ0) is 16.3. The van der Waals surface area contributed by atoms with Crippen LogP contribution in [0.15, 0.2) is 35.2 Å². The van der Waals surface area contributed by atoms with Crippen LogP contribution in [0.2, 0.25) is 0 Å². The van der Waals surface area contributed by atoms with E-state index in [0.717, 1.165) is 17.5 Å². The van der Waals surface area contributed by atoms with Gasteiger partial charge in [-0.05, 0) is 42.7 Å². The Morgan fingerprint density at radius 1 is 1.27 bits per heavy atom. The molecular weight excluding hydrogens is 320 g/mol. The minimum absolute atomic E-state index is 0.0593. The quantitative estimate of drug-likeness (QED) is 0.876. The van der Waals surface area contributed by atoms with Crippen molar-refractivity contribution in [2.45, 2.75) is 31.7 Å². The highest BCUT2D eigenvalue weighted by atomic mass is 32.2. The summed E-state index contributed by atoms with van der Waals surface area (Å²) in [7, 11) is -3.68. The molecule has 0 spiro atoms. The first-order valence-electron chi connectivity index (χ1n) is 6.80. The zero-order valence-corrected chi connectivity index (χ0v) is 14.1. The minimum atomic E-state index is -3.68. The van der Waals surface area contributed by atoms with E-state index in [4.69, 9.17) is 5.14 Å². The number of thiophene rings is 1. The van der Waals surface area contributed by atoms with Gasteiger partial charge in [-0.25, -0.2) is 13.6 Å². The van der Waals surface area contributed by atoms with E-state index in [9.17, 15) is 13.2 Å². The number of amides is 1. The molecule has 0 fully saturated rings. The van der Waals surface area contributed by atoms with Crippen LogP contribution in [0.3, 0.4) is 0 Å². The predicted octanol–water partition coefficient (Wildman–Crippen LogP) is 2.20. The maximum absolute atomic E-state index is 12.1. The lowest BCUT2D eigenvalue weighted by molar-refractivity contribution is 0.0955. The van der Waals surface area contributed by atoms with Crippen molar-refractivity contribution in [3.8, 4) is 0 Å². The summed E-state index contributed by atoms with van der Waals surface area (Å²) in [6.45, 7) is 4.40. The fourth-order valence-electron chi connectivity index (χ4n) is 2.05. The van der Waals surface area contributed by atoms with Gasteiger partial charge in [-0.2, -0.15) is 0 Å². The van der Waals surface area contributed by atoms with Crippen LogP contribution in [0.1, 0.15) is 32.6 Å². The van der Waals surface area contributed by atoms with E-state index < -0.39 is 10.0 Å². The van der Waals surface area contributed by atoms with Crippen LogP contribution >= 0.6 is 11.3 Å². The summed E-state index contributed by atoms with van der Waals surface area (Å²) in [5.74, 6) is -0.122. The lowest BCUT2D eigenvalue weighted by Crippen LogP contribution is -2.21. The number of aryl methyl sites for hydroxylation is 2. The van der Waals surface area contributed by atoms with Gasteiger partial charge in [0.05, 0.1) is 9.77 Å². The monoisotopic (exact) mass is 338 g/mol. The molecule has 2 rings (SSSR count). The number of benzene rings is 1. The Labute approximate surface area is 134 Å². The average molecular weight is 338 g/mol. The van der Waals surface area contributed by atoms with E-state index in [0.29, 0.717) is 11.4 Å². The highest BCUT2D eigenvalue weighted by Crippen LogP contribution is 2.22. The largest absolute Gasteiger partial charge is 0.347 e.